The van der Waals surface area contributed by atoms with Crippen molar-refractivity contribution >= 4 is 0 Å². The largest absolute Gasteiger partial charge is 0.0625 e. The zero-order valence-corrected chi connectivity index (χ0v) is 11.8. The number of hydrogen-bond donors (Lipinski definition) is 0. The van der Waals surface area contributed by atoms with Gasteiger partial charge in [0, 0.05) is 0 Å². The molecule has 2 fully saturated rings. The summed E-state index contributed by atoms with van der Waals surface area (Å²) < 4.78 is 0. The first-order chi connectivity index (χ1) is 7.47. The number of hydrogen-bond acceptors (Lipinski definition) is 0. The van der Waals surface area contributed by atoms with Gasteiger partial charge in [-0.3, -0.25) is 0 Å². The summed E-state index contributed by atoms with van der Waals surface area (Å²) in [5.41, 5.74) is 1.32. The Balaban J connectivity index is 2.16. The molecule has 2 saturated carbocycles. The second kappa shape index (κ2) is 4.35. The van der Waals surface area contributed by atoms with Crippen LogP contribution in [0.15, 0.2) is 0 Å². The Morgan fingerprint density at radius 2 is 1.56 bits per heavy atom. The standard InChI is InChI=1S/C16H30/c1-13(2)14-8-7-11-16(12-14)10-6-5-9-15(16,3)4/h13-14H,5-12H2,1-4H3. The van der Waals surface area contributed by atoms with Crippen molar-refractivity contribution in [3.8, 4) is 0 Å². The fraction of sp³-hybridized carbons (Fsp3) is 1.00. The SMILES string of the molecule is CC(C)C1CCCC2(CCCCC2(C)C)C1. The van der Waals surface area contributed by atoms with Crippen LogP contribution in [0.4, 0.5) is 0 Å². The third-order valence-electron chi connectivity index (χ3n) is 5.97. The quantitative estimate of drug-likeness (QED) is 0.556. The molecule has 2 aliphatic rings. The van der Waals surface area contributed by atoms with E-state index < -0.39 is 0 Å². The van der Waals surface area contributed by atoms with Gasteiger partial charge in [0.2, 0.25) is 0 Å². The van der Waals surface area contributed by atoms with Crippen molar-refractivity contribution < 1.29 is 0 Å². The van der Waals surface area contributed by atoms with Crippen molar-refractivity contribution in [1.29, 1.82) is 0 Å². The van der Waals surface area contributed by atoms with Gasteiger partial charge in [0.25, 0.3) is 0 Å². The Kier molecular flexibility index (Phi) is 3.39. The molecule has 0 heterocycles. The Hall–Kier alpha value is 0. The molecule has 2 rings (SSSR count). The van der Waals surface area contributed by atoms with Gasteiger partial charge in [-0.1, -0.05) is 53.4 Å². The smallest absolute Gasteiger partial charge is 0.0243 e. The lowest BCUT2D eigenvalue weighted by molar-refractivity contribution is -0.0442. The molecule has 0 N–H and O–H groups in total. The molecule has 0 aromatic heterocycles. The Morgan fingerprint density at radius 1 is 0.938 bits per heavy atom. The van der Waals surface area contributed by atoms with Gasteiger partial charge >= 0.3 is 0 Å². The summed E-state index contributed by atoms with van der Waals surface area (Å²) in [6.07, 6.45) is 12.0. The minimum Gasteiger partial charge on any atom is -0.0625 e. The van der Waals surface area contributed by atoms with Gasteiger partial charge in [-0.15, -0.1) is 0 Å². The van der Waals surface area contributed by atoms with Gasteiger partial charge in [-0.2, -0.15) is 0 Å². The van der Waals surface area contributed by atoms with Crippen molar-refractivity contribution in [2.75, 3.05) is 0 Å². The highest BCUT2D eigenvalue weighted by molar-refractivity contribution is 4.99. The molecular formula is C16H30. The first-order valence-corrected chi connectivity index (χ1v) is 7.47. The Labute approximate surface area is 102 Å². The maximum Gasteiger partial charge on any atom is -0.0243 e. The third-order valence-corrected chi connectivity index (χ3v) is 5.97. The molecule has 0 heteroatoms. The highest BCUT2D eigenvalue weighted by Crippen LogP contribution is 2.59. The van der Waals surface area contributed by atoms with E-state index in [0.29, 0.717) is 10.8 Å². The summed E-state index contributed by atoms with van der Waals surface area (Å²) in [6, 6.07) is 0. The second-order valence-electron chi connectivity index (χ2n) is 7.47. The van der Waals surface area contributed by atoms with E-state index in [1.807, 2.05) is 0 Å². The molecule has 2 atom stereocenters. The minimum atomic E-state index is 0.610. The first kappa shape index (κ1) is 12.5. The van der Waals surface area contributed by atoms with E-state index in [1.165, 1.54) is 51.4 Å². The van der Waals surface area contributed by atoms with E-state index in [-0.39, 0.29) is 0 Å². The van der Waals surface area contributed by atoms with Crippen molar-refractivity contribution in [1.82, 2.24) is 0 Å². The van der Waals surface area contributed by atoms with Crippen LogP contribution >= 0.6 is 0 Å². The summed E-state index contributed by atoms with van der Waals surface area (Å²) in [6.45, 7) is 9.96. The highest BCUT2D eigenvalue weighted by Gasteiger charge is 2.48. The Bertz CT molecular complexity index is 234. The maximum absolute atomic E-state index is 2.55. The van der Waals surface area contributed by atoms with Crippen LogP contribution in [0.3, 0.4) is 0 Å². The van der Waals surface area contributed by atoms with E-state index in [4.69, 9.17) is 0 Å². The molecule has 0 amide bonds. The highest BCUT2D eigenvalue weighted by atomic mass is 14.5. The monoisotopic (exact) mass is 222 g/mol. The fourth-order valence-corrected chi connectivity index (χ4v) is 4.45. The summed E-state index contributed by atoms with van der Waals surface area (Å²) in [5.74, 6) is 1.90. The van der Waals surface area contributed by atoms with Crippen LogP contribution in [-0.4, -0.2) is 0 Å². The van der Waals surface area contributed by atoms with Gasteiger partial charge in [-0.25, -0.2) is 0 Å². The fourth-order valence-electron chi connectivity index (χ4n) is 4.45. The zero-order chi connectivity index (χ0) is 11.8. The average molecular weight is 222 g/mol. The molecule has 0 aliphatic heterocycles. The van der Waals surface area contributed by atoms with Gasteiger partial charge < -0.3 is 0 Å². The van der Waals surface area contributed by atoms with Gasteiger partial charge in [0.1, 0.15) is 0 Å². The minimum absolute atomic E-state index is 0.610. The van der Waals surface area contributed by atoms with Crippen molar-refractivity contribution in [3.05, 3.63) is 0 Å². The van der Waals surface area contributed by atoms with Crippen LogP contribution in [0.2, 0.25) is 0 Å². The van der Waals surface area contributed by atoms with E-state index in [2.05, 4.69) is 27.7 Å². The molecule has 0 bridgehead atoms. The van der Waals surface area contributed by atoms with E-state index in [9.17, 15) is 0 Å². The summed E-state index contributed by atoms with van der Waals surface area (Å²) in [7, 11) is 0. The van der Waals surface area contributed by atoms with Crippen molar-refractivity contribution in [2.24, 2.45) is 22.7 Å². The average Bonchev–Trinajstić information content (AvgIpc) is 2.23. The summed E-state index contributed by atoms with van der Waals surface area (Å²) in [4.78, 5) is 0. The molecule has 2 unspecified atom stereocenters. The molecule has 2 aliphatic carbocycles. The van der Waals surface area contributed by atoms with E-state index in [0.717, 1.165) is 11.8 Å². The van der Waals surface area contributed by atoms with Gasteiger partial charge in [0.15, 0.2) is 0 Å². The van der Waals surface area contributed by atoms with Crippen LogP contribution in [0, 0.1) is 22.7 Å². The molecule has 0 radical (unpaired) electrons. The molecule has 0 saturated heterocycles. The van der Waals surface area contributed by atoms with Crippen molar-refractivity contribution in [3.63, 3.8) is 0 Å². The predicted octanol–water partition coefficient (Wildman–Crippen LogP) is 5.42. The van der Waals surface area contributed by atoms with Crippen LogP contribution in [-0.2, 0) is 0 Å². The van der Waals surface area contributed by atoms with Crippen LogP contribution in [0.25, 0.3) is 0 Å². The topological polar surface area (TPSA) is 0 Å². The Morgan fingerprint density at radius 3 is 2.19 bits per heavy atom. The van der Waals surface area contributed by atoms with Crippen molar-refractivity contribution in [2.45, 2.75) is 79.1 Å². The first-order valence-electron chi connectivity index (χ1n) is 7.47. The van der Waals surface area contributed by atoms with Crippen LogP contribution in [0.5, 0.6) is 0 Å². The molecular weight excluding hydrogens is 192 g/mol. The molecule has 0 nitrogen and oxygen atoms in total. The second-order valence-corrected chi connectivity index (χ2v) is 7.47. The van der Waals surface area contributed by atoms with Gasteiger partial charge in [-0.05, 0) is 48.3 Å². The maximum atomic E-state index is 2.55. The lowest BCUT2D eigenvalue weighted by Gasteiger charge is -2.55. The lowest BCUT2D eigenvalue weighted by atomic mass is 9.50. The lowest BCUT2D eigenvalue weighted by Crippen LogP contribution is -2.44. The van der Waals surface area contributed by atoms with E-state index >= 15 is 0 Å². The number of rotatable bonds is 1. The zero-order valence-electron chi connectivity index (χ0n) is 11.8. The predicted molar refractivity (Wildman–Crippen MR) is 71.5 cm³/mol. The van der Waals surface area contributed by atoms with Gasteiger partial charge in [0.05, 0.1) is 0 Å². The third kappa shape index (κ3) is 2.05. The summed E-state index contributed by atoms with van der Waals surface area (Å²) >= 11 is 0. The molecule has 16 heavy (non-hydrogen) atoms. The normalized spacial score (nSPS) is 39.2. The van der Waals surface area contributed by atoms with E-state index in [1.54, 1.807) is 0 Å². The molecule has 0 aromatic rings. The van der Waals surface area contributed by atoms with Crippen LogP contribution < -0.4 is 0 Å². The molecule has 94 valence electrons. The summed E-state index contributed by atoms with van der Waals surface area (Å²) in [5, 5.41) is 0. The molecule has 0 aromatic carbocycles. The van der Waals surface area contributed by atoms with Crippen LogP contribution in [0.1, 0.15) is 79.1 Å². The molecule has 1 spiro atoms.